The fourth-order valence-corrected chi connectivity index (χ4v) is 1.91. The van der Waals surface area contributed by atoms with Crippen LogP contribution in [0.3, 0.4) is 0 Å². The molecule has 2 rings (SSSR count). The molecule has 22 heavy (non-hydrogen) atoms. The molecule has 3 N–H and O–H groups in total. The molecule has 1 unspecified atom stereocenters. The van der Waals surface area contributed by atoms with Gasteiger partial charge < -0.3 is 15.8 Å². The molecule has 0 spiro atoms. The minimum atomic E-state index is -0.0368. The van der Waals surface area contributed by atoms with Gasteiger partial charge in [-0.2, -0.15) is 0 Å². The van der Waals surface area contributed by atoms with Crippen LogP contribution in [0.25, 0.3) is 0 Å². The number of nitrogens with two attached hydrogens (primary N) is 1. The Bertz CT molecular complexity index is 602. The number of rotatable bonds is 5. The van der Waals surface area contributed by atoms with Crippen molar-refractivity contribution in [3.63, 3.8) is 0 Å². The monoisotopic (exact) mass is 411 g/mol. The minimum absolute atomic E-state index is 0. The largest absolute Gasteiger partial charge is 0.489 e. The third-order valence-corrected chi connectivity index (χ3v) is 2.89. The van der Waals surface area contributed by atoms with Crippen LogP contribution in [0.5, 0.6) is 5.75 Å². The zero-order chi connectivity index (χ0) is 15.1. The summed E-state index contributed by atoms with van der Waals surface area (Å²) in [4.78, 5) is 4.30. The molecule has 0 radical (unpaired) electrons. The molecule has 0 aromatic heterocycles. The van der Waals surface area contributed by atoms with Gasteiger partial charge in [0.15, 0.2) is 5.96 Å². The average Bonchev–Trinajstić information content (AvgIpc) is 2.46. The number of para-hydroxylation sites is 1. The second-order valence-electron chi connectivity index (χ2n) is 4.96. The quantitative estimate of drug-likeness (QED) is 0.447. The second kappa shape index (κ2) is 9.30. The van der Waals surface area contributed by atoms with E-state index in [-0.39, 0.29) is 30.1 Å². The molecule has 0 bridgehead atoms. The highest BCUT2D eigenvalue weighted by atomic mass is 127. The number of aliphatic imine (C=N–C) groups is 1. The normalized spacial score (nSPS) is 12.2. The van der Waals surface area contributed by atoms with Crippen molar-refractivity contribution in [2.45, 2.75) is 20.0 Å². The molecular formula is C17H22IN3O. The van der Waals surface area contributed by atoms with Gasteiger partial charge >= 0.3 is 0 Å². The second-order valence-corrected chi connectivity index (χ2v) is 4.96. The van der Waals surface area contributed by atoms with Crippen molar-refractivity contribution < 1.29 is 4.74 Å². The zero-order valence-corrected chi connectivity index (χ0v) is 15.2. The lowest BCUT2D eigenvalue weighted by Crippen LogP contribution is -2.25. The highest BCUT2D eigenvalue weighted by Gasteiger charge is 2.03. The van der Waals surface area contributed by atoms with Gasteiger partial charge in [-0.3, -0.25) is 0 Å². The Labute approximate surface area is 148 Å². The summed E-state index contributed by atoms with van der Waals surface area (Å²) in [7, 11) is 0. The van der Waals surface area contributed by atoms with Gasteiger partial charge in [-0.05, 0) is 43.7 Å². The van der Waals surface area contributed by atoms with Gasteiger partial charge in [-0.15, -0.1) is 24.0 Å². The van der Waals surface area contributed by atoms with Gasteiger partial charge in [-0.1, -0.05) is 30.3 Å². The summed E-state index contributed by atoms with van der Waals surface area (Å²) in [5, 5.41) is 3.07. The fourth-order valence-electron chi connectivity index (χ4n) is 1.91. The summed E-state index contributed by atoms with van der Waals surface area (Å²) in [6.45, 7) is 4.50. The van der Waals surface area contributed by atoms with Crippen LogP contribution in [0.4, 0.5) is 5.69 Å². The summed E-state index contributed by atoms with van der Waals surface area (Å²) >= 11 is 0. The van der Waals surface area contributed by atoms with Crippen molar-refractivity contribution in [3.8, 4) is 5.75 Å². The molecule has 2 aromatic rings. The van der Waals surface area contributed by atoms with Crippen molar-refractivity contribution in [2.75, 3.05) is 11.9 Å². The van der Waals surface area contributed by atoms with Crippen molar-refractivity contribution in [1.29, 1.82) is 0 Å². The molecule has 2 aromatic carbocycles. The lowest BCUT2D eigenvalue weighted by molar-refractivity contribution is 0.230. The Morgan fingerprint density at radius 2 is 1.91 bits per heavy atom. The van der Waals surface area contributed by atoms with E-state index in [4.69, 9.17) is 10.5 Å². The van der Waals surface area contributed by atoms with Crippen molar-refractivity contribution in [1.82, 2.24) is 0 Å². The zero-order valence-electron chi connectivity index (χ0n) is 12.8. The van der Waals surface area contributed by atoms with Gasteiger partial charge in [0.1, 0.15) is 11.9 Å². The van der Waals surface area contributed by atoms with Crippen LogP contribution in [0, 0.1) is 6.92 Å². The number of aryl methyl sites for hydroxylation is 1. The number of anilines is 1. The first kappa shape index (κ1) is 18.3. The molecular weight excluding hydrogens is 389 g/mol. The predicted octanol–water partition coefficient (Wildman–Crippen LogP) is 3.81. The van der Waals surface area contributed by atoms with Gasteiger partial charge in [0.05, 0.1) is 6.54 Å². The highest BCUT2D eigenvalue weighted by Crippen LogP contribution is 2.11. The first-order chi connectivity index (χ1) is 10.1. The van der Waals surface area contributed by atoms with Crippen LogP contribution >= 0.6 is 24.0 Å². The van der Waals surface area contributed by atoms with Crippen LogP contribution < -0.4 is 15.8 Å². The Kier molecular flexibility index (Phi) is 7.73. The number of halogens is 1. The fraction of sp³-hybridized carbons (Fsp3) is 0.235. The minimum Gasteiger partial charge on any atom is -0.489 e. The maximum atomic E-state index is 5.88. The maximum absolute atomic E-state index is 5.88. The lowest BCUT2D eigenvalue weighted by Gasteiger charge is -2.13. The topological polar surface area (TPSA) is 59.6 Å². The molecule has 0 saturated carbocycles. The number of guanidine groups is 1. The summed E-state index contributed by atoms with van der Waals surface area (Å²) in [5.41, 5.74) is 7.99. The van der Waals surface area contributed by atoms with Crippen molar-refractivity contribution >= 4 is 35.6 Å². The number of nitrogens with one attached hydrogen (secondary N) is 1. The molecule has 0 fully saturated rings. The first-order valence-electron chi connectivity index (χ1n) is 6.99. The number of hydrogen-bond acceptors (Lipinski definition) is 2. The Balaban J connectivity index is 0.00000242. The van der Waals surface area contributed by atoms with Crippen LogP contribution in [0.1, 0.15) is 12.5 Å². The van der Waals surface area contributed by atoms with E-state index in [1.807, 2.05) is 68.4 Å². The summed E-state index contributed by atoms with van der Waals surface area (Å²) in [6, 6.07) is 17.7. The molecule has 4 nitrogen and oxygen atoms in total. The van der Waals surface area contributed by atoms with Gasteiger partial charge in [0.2, 0.25) is 0 Å². The Morgan fingerprint density at radius 3 is 2.59 bits per heavy atom. The number of nitrogens with zero attached hydrogens (tertiary/aromatic N) is 1. The van der Waals surface area contributed by atoms with Crippen LogP contribution in [-0.4, -0.2) is 18.6 Å². The van der Waals surface area contributed by atoms with E-state index in [1.54, 1.807) is 0 Å². The standard InChI is InChI=1S/C17H21N3O.HI/c1-13-7-6-8-15(11-13)20-17(18)19-12-14(2)21-16-9-4-3-5-10-16;/h3-11,14H,12H2,1-2H3,(H3,18,19,20);1H. The molecule has 118 valence electrons. The van der Waals surface area contributed by atoms with E-state index in [0.29, 0.717) is 12.5 Å². The van der Waals surface area contributed by atoms with Crippen LogP contribution in [0.15, 0.2) is 59.6 Å². The molecule has 5 heteroatoms. The first-order valence-corrected chi connectivity index (χ1v) is 6.99. The van der Waals surface area contributed by atoms with Gasteiger partial charge in [-0.25, -0.2) is 4.99 Å². The van der Waals surface area contributed by atoms with E-state index in [9.17, 15) is 0 Å². The van der Waals surface area contributed by atoms with Crippen LogP contribution in [0.2, 0.25) is 0 Å². The number of ether oxygens (including phenoxy) is 1. The number of hydrogen-bond donors (Lipinski definition) is 2. The Morgan fingerprint density at radius 1 is 1.18 bits per heavy atom. The van der Waals surface area contributed by atoms with E-state index >= 15 is 0 Å². The molecule has 0 saturated heterocycles. The summed E-state index contributed by atoms with van der Waals surface area (Å²) in [5.74, 6) is 1.23. The van der Waals surface area contributed by atoms with E-state index in [0.717, 1.165) is 11.4 Å². The third-order valence-electron chi connectivity index (χ3n) is 2.89. The Hall–Kier alpha value is -1.76. The maximum Gasteiger partial charge on any atom is 0.193 e. The van der Waals surface area contributed by atoms with Gasteiger partial charge in [0.25, 0.3) is 0 Å². The van der Waals surface area contributed by atoms with Crippen molar-refractivity contribution in [2.24, 2.45) is 10.7 Å². The number of benzene rings is 2. The summed E-state index contributed by atoms with van der Waals surface area (Å²) < 4.78 is 5.74. The molecule has 0 aliphatic heterocycles. The predicted molar refractivity (Wildman–Crippen MR) is 103 cm³/mol. The average molecular weight is 411 g/mol. The van der Waals surface area contributed by atoms with E-state index < -0.39 is 0 Å². The summed E-state index contributed by atoms with van der Waals surface area (Å²) in [6.07, 6.45) is -0.0368. The molecule has 1 atom stereocenters. The smallest absolute Gasteiger partial charge is 0.193 e. The van der Waals surface area contributed by atoms with Crippen LogP contribution in [-0.2, 0) is 0 Å². The molecule has 0 heterocycles. The van der Waals surface area contributed by atoms with Crippen molar-refractivity contribution in [3.05, 3.63) is 60.2 Å². The van der Waals surface area contributed by atoms with E-state index in [2.05, 4.69) is 10.3 Å². The SMILES string of the molecule is Cc1cccc(NC(N)=NCC(C)Oc2ccccc2)c1.I. The molecule has 0 amide bonds. The van der Waals surface area contributed by atoms with E-state index in [1.165, 1.54) is 5.56 Å². The highest BCUT2D eigenvalue weighted by molar-refractivity contribution is 14.0. The van der Waals surface area contributed by atoms with Gasteiger partial charge in [0, 0.05) is 5.69 Å². The molecule has 0 aliphatic rings. The molecule has 0 aliphatic carbocycles. The third kappa shape index (κ3) is 6.34. The lowest BCUT2D eigenvalue weighted by atomic mass is 10.2.